The van der Waals surface area contributed by atoms with Crippen molar-refractivity contribution in [3.63, 3.8) is 0 Å². The number of nitrogens with one attached hydrogen (secondary N) is 2. The molecule has 3 saturated carbocycles. The molecule has 8 aliphatic rings. The lowest BCUT2D eigenvalue weighted by Crippen LogP contribution is -2.73. The quantitative estimate of drug-likeness (QED) is 0.310. The monoisotopic (exact) mass is 657 g/mol. The third-order valence-corrected chi connectivity index (χ3v) is 12.7. The smallest absolute Gasteiger partial charge is 0.256 e. The van der Waals surface area contributed by atoms with Crippen molar-refractivity contribution >= 4 is 17.6 Å². The molecule has 2 amide bonds. The third kappa shape index (κ3) is 6.04. The second-order valence-corrected chi connectivity index (χ2v) is 15.4. The van der Waals surface area contributed by atoms with Gasteiger partial charge in [0.2, 0.25) is 5.91 Å². The van der Waals surface area contributed by atoms with Crippen molar-refractivity contribution in [2.45, 2.75) is 119 Å². The molecule has 2 N–H and O–H groups in total. The number of morpholine rings is 2. The summed E-state index contributed by atoms with van der Waals surface area (Å²) in [5.41, 5.74) is 0.151. The van der Waals surface area contributed by atoms with Crippen LogP contribution < -0.4 is 10.6 Å². The molecule has 8 rings (SSSR count). The van der Waals surface area contributed by atoms with Crippen molar-refractivity contribution in [1.29, 1.82) is 0 Å². The minimum Gasteiger partial charge on any atom is -0.379 e. The Bertz CT molecular complexity index is 1250. The van der Waals surface area contributed by atoms with Crippen LogP contribution in [-0.2, 0) is 28.6 Å². The van der Waals surface area contributed by atoms with E-state index < -0.39 is 24.2 Å². The number of hydrogen-bond donors (Lipinski definition) is 2. The number of carbonyl (C=O) groups is 3. The Hall–Kier alpha value is -2.12. The number of carbonyl (C=O) groups excluding carboxylic acids is 3. The number of halogens is 1. The van der Waals surface area contributed by atoms with Gasteiger partial charge in [-0.25, -0.2) is 4.39 Å². The number of ketones is 1. The highest BCUT2D eigenvalue weighted by molar-refractivity contribution is 6.20. The Morgan fingerprint density at radius 2 is 1.79 bits per heavy atom. The van der Waals surface area contributed by atoms with E-state index in [0.717, 1.165) is 65.0 Å². The summed E-state index contributed by atoms with van der Waals surface area (Å²) in [4.78, 5) is 46.3. The number of rotatable bonds is 7. The Morgan fingerprint density at radius 1 is 0.957 bits per heavy atom. The van der Waals surface area contributed by atoms with Gasteiger partial charge in [-0.15, -0.1) is 0 Å². The predicted octanol–water partition coefficient (Wildman–Crippen LogP) is 1.40. The molecule has 0 spiro atoms. The number of alkyl halides is 1. The zero-order valence-electron chi connectivity index (χ0n) is 27.7. The van der Waals surface area contributed by atoms with E-state index >= 15 is 4.39 Å². The Balaban J connectivity index is 1.05. The fourth-order valence-electron chi connectivity index (χ4n) is 10.7. The van der Waals surface area contributed by atoms with E-state index in [2.05, 4.69) is 25.3 Å². The number of Topliss-reactive ketones (excluding diaryl/α,β-unsaturated/α-hetero) is 1. The topological polar surface area (TPSA) is 113 Å². The summed E-state index contributed by atoms with van der Waals surface area (Å²) in [6, 6.07) is -0.889. The SMILES string of the molecule is CC(=O)N[C@@H]1CCN(C2C(F)CC3C(=O)C(C(=O)NCCCN4CCOCC4)=CN4C5CC6OC7CCCCC7C6CC5OC2C34)C1. The standard InChI is InChI=1S/C35H52FN5O6/c1-20(42)38-21-7-10-40(18-21)32-26(36)15-24-31-34(32)47-30-16-23-22-5-2-3-6-28(22)46-29(23)17-27(30)41(31)19-25(33(24)43)35(44)37-8-4-9-39-11-13-45-14-12-39/h19,21-24,26-32,34H,2-18H2,1H3,(H,37,44)(H,38,42)/t21-,22?,23?,24?,26?,27?,28?,29?,30?,31?,32?,34?/m1/s1. The highest BCUT2D eigenvalue weighted by Crippen LogP contribution is 2.53. The summed E-state index contributed by atoms with van der Waals surface area (Å²) in [6.07, 6.45) is 8.43. The van der Waals surface area contributed by atoms with E-state index in [1.54, 1.807) is 0 Å². The maximum atomic E-state index is 16.5. The van der Waals surface area contributed by atoms with E-state index in [4.69, 9.17) is 14.2 Å². The van der Waals surface area contributed by atoms with Crippen LogP contribution in [0.1, 0.15) is 64.7 Å². The molecule has 4 saturated heterocycles. The van der Waals surface area contributed by atoms with E-state index in [1.807, 2.05) is 6.20 Å². The van der Waals surface area contributed by atoms with Crippen LogP contribution in [0.4, 0.5) is 4.39 Å². The first-order valence-corrected chi connectivity index (χ1v) is 18.4. The van der Waals surface area contributed by atoms with Gasteiger partial charge in [0.25, 0.3) is 5.91 Å². The molecule has 5 heterocycles. The van der Waals surface area contributed by atoms with Crippen LogP contribution in [-0.4, -0.2) is 140 Å². The number of hydrogen-bond acceptors (Lipinski definition) is 9. The minimum absolute atomic E-state index is 0.0226. The Labute approximate surface area is 277 Å². The molecule has 3 aliphatic carbocycles. The molecule has 7 fully saturated rings. The lowest BCUT2D eigenvalue weighted by atomic mass is 9.67. The van der Waals surface area contributed by atoms with Crippen LogP contribution in [0.2, 0.25) is 0 Å². The highest BCUT2D eigenvalue weighted by atomic mass is 19.1. The summed E-state index contributed by atoms with van der Waals surface area (Å²) < 4.78 is 35.7. The van der Waals surface area contributed by atoms with Gasteiger partial charge in [-0.1, -0.05) is 12.8 Å². The number of likely N-dealkylation sites (tertiary alicyclic amines) is 1. The van der Waals surface area contributed by atoms with E-state index in [0.29, 0.717) is 37.6 Å². The maximum Gasteiger partial charge on any atom is 0.256 e. The zero-order valence-corrected chi connectivity index (χ0v) is 27.7. The molecule has 260 valence electrons. The average molecular weight is 658 g/mol. The number of ether oxygens (including phenoxy) is 3. The summed E-state index contributed by atoms with van der Waals surface area (Å²) in [5.74, 6) is -0.370. The second-order valence-electron chi connectivity index (χ2n) is 15.4. The first-order chi connectivity index (χ1) is 22.9. The summed E-state index contributed by atoms with van der Waals surface area (Å²) >= 11 is 0. The van der Waals surface area contributed by atoms with Crippen molar-refractivity contribution in [2.75, 3.05) is 52.5 Å². The van der Waals surface area contributed by atoms with Crippen LogP contribution in [0.15, 0.2) is 11.8 Å². The predicted molar refractivity (Wildman–Crippen MR) is 170 cm³/mol. The van der Waals surface area contributed by atoms with Gasteiger partial charge in [0.05, 0.1) is 61.3 Å². The summed E-state index contributed by atoms with van der Waals surface area (Å²) in [6.45, 7) is 7.36. The minimum atomic E-state index is -1.27. The van der Waals surface area contributed by atoms with Gasteiger partial charge in [-0.05, 0) is 63.3 Å². The van der Waals surface area contributed by atoms with Crippen LogP contribution >= 0.6 is 0 Å². The third-order valence-electron chi connectivity index (χ3n) is 12.7. The molecule has 0 aromatic carbocycles. The average Bonchev–Trinajstić information content (AvgIpc) is 3.67. The summed E-state index contributed by atoms with van der Waals surface area (Å²) in [5, 5.41) is 6.03. The molecule has 0 radical (unpaired) electrons. The summed E-state index contributed by atoms with van der Waals surface area (Å²) in [7, 11) is 0. The molecule has 5 aliphatic heterocycles. The lowest BCUT2D eigenvalue weighted by Gasteiger charge is -2.61. The number of amides is 2. The van der Waals surface area contributed by atoms with Gasteiger partial charge < -0.3 is 29.7 Å². The maximum absolute atomic E-state index is 16.5. The van der Waals surface area contributed by atoms with E-state index in [1.165, 1.54) is 26.2 Å². The molecular formula is C35H52FN5O6. The molecule has 11 unspecified atom stereocenters. The Kier molecular flexibility index (Phi) is 9.09. The van der Waals surface area contributed by atoms with Crippen LogP contribution in [0.5, 0.6) is 0 Å². The number of nitrogens with zero attached hydrogens (tertiary/aromatic N) is 3. The molecule has 0 bridgehead atoms. The molecule has 12 atom stereocenters. The molecule has 0 aromatic rings. The van der Waals surface area contributed by atoms with Crippen LogP contribution in [0.25, 0.3) is 0 Å². The van der Waals surface area contributed by atoms with E-state index in [-0.39, 0.29) is 59.9 Å². The lowest BCUT2D eigenvalue weighted by molar-refractivity contribution is -0.220. The molecule has 47 heavy (non-hydrogen) atoms. The fraction of sp³-hybridized carbons (Fsp3) is 0.857. The van der Waals surface area contributed by atoms with Gasteiger partial charge in [0.15, 0.2) is 5.78 Å². The normalized spacial score (nSPS) is 43.3. The molecule has 11 nitrogen and oxygen atoms in total. The van der Waals surface area contributed by atoms with Crippen molar-refractivity contribution in [3.8, 4) is 0 Å². The van der Waals surface area contributed by atoms with Gasteiger partial charge in [0, 0.05) is 57.8 Å². The molecule has 12 heteroatoms. The number of fused-ring (bicyclic) bond motifs is 5. The highest BCUT2D eigenvalue weighted by Gasteiger charge is 2.62. The van der Waals surface area contributed by atoms with Crippen LogP contribution in [0.3, 0.4) is 0 Å². The van der Waals surface area contributed by atoms with Crippen molar-refractivity contribution in [3.05, 3.63) is 11.8 Å². The van der Waals surface area contributed by atoms with Crippen molar-refractivity contribution in [2.24, 2.45) is 17.8 Å². The van der Waals surface area contributed by atoms with Gasteiger partial charge in [-0.3, -0.25) is 24.2 Å². The van der Waals surface area contributed by atoms with Gasteiger partial charge in [0.1, 0.15) is 6.17 Å². The molecule has 0 aromatic heterocycles. The van der Waals surface area contributed by atoms with E-state index in [9.17, 15) is 14.4 Å². The van der Waals surface area contributed by atoms with Gasteiger partial charge >= 0.3 is 0 Å². The first kappa shape index (κ1) is 32.1. The molecular weight excluding hydrogens is 605 g/mol. The van der Waals surface area contributed by atoms with Gasteiger partial charge in [-0.2, -0.15) is 0 Å². The Morgan fingerprint density at radius 3 is 2.62 bits per heavy atom. The first-order valence-electron chi connectivity index (χ1n) is 18.4. The largest absolute Gasteiger partial charge is 0.379 e. The van der Waals surface area contributed by atoms with Crippen molar-refractivity contribution in [1.82, 2.24) is 25.3 Å². The fourth-order valence-corrected chi connectivity index (χ4v) is 10.7. The second kappa shape index (κ2) is 13.3. The zero-order chi connectivity index (χ0) is 32.2. The van der Waals surface area contributed by atoms with Crippen LogP contribution in [0, 0.1) is 17.8 Å². The van der Waals surface area contributed by atoms with Crippen molar-refractivity contribution < 1.29 is 33.0 Å².